The molecule has 5 nitrogen and oxygen atoms in total. The Kier molecular flexibility index (Phi) is 6.08. The van der Waals surface area contributed by atoms with E-state index in [0.29, 0.717) is 31.5 Å². The molecule has 2 atom stereocenters. The van der Waals surface area contributed by atoms with Gasteiger partial charge in [-0.05, 0) is 34.9 Å². The fourth-order valence-electron chi connectivity index (χ4n) is 3.53. The Morgan fingerprint density at radius 3 is 2.52 bits per heavy atom. The first-order valence-corrected chi connectivity index (χ1v) is 9.44. The topological polar surface area (TPSA) is 61.4 Å². The molecular formula is C16H26ClN3O2S. The number of halogens is 1. The summed E-state index contributed by atoms with van der Waals surface area (Å²) in [6, 6.07) is 6.19. The molecular weight excluding hydrogens is 334 g/mol. The van der Waals surface area contributed by atoms with E-state index >= 15 is 0 Å². The summed E-state index contributed by atoms with van der Waals surface area (Å²) in [5, 5.41) is 3.30. The number of piperidine rings is 1. The van der Waals surface area contributed by atoms with E-state index in [-0.39, 0.29) is 12.4 Å². The predicted octanol–water partition coefficient (Wildman–Crippen LogP) is 2.02. The minimum Gasteiger partial charge on any atom is -0.309 e. The zero-order valence-corrected chi connectivity index (χ0v) is 15.3. The Morgan fingerprint density at radius 1 is 1.17 bits per heavy atom. The summed E-state index contributed by atoms with van der Waals surface area (Å²) >= 11 is 0. The zero-order valence-electron chi connectivity index (χ0n) is 13.7. The van der Waals surface area contributed by atoms with Crippen LogP contribution in [0.4, 0.5) is 0 Å². The lowest BCUT2D eigenvalue weighted by atomic mass is 9.94. The number of nitrogens with one attached hydrogen (secondary N) is 2. The molecule has 2 aliphatic rings. The van der Waals surface area contributed by atoms with Gasteiger partial charge in [0.2, 0.25) is 0 Å². The van der Waals surface area contributed by atoms with E-state index < -0.39 is 10.2 Å². The molecule has 1 saturated heterocycles. The van der Waals surface area contributed by atoms with Crippen molar-refractivity contribution in [2.24, 2.45) is 11.8 Å². The first-order chi connectivity index (χ1) is 10.4. The monoisotopic (exact) mass is 359 g/mol. The minimum atomic E-state index is -3.39. The molecule has 130 valence electrons. The van der Waals surface area contributed by atoms with Crippen molar-refractivity contribution in [3.8, 4) is 0 Å². The number of fused-ring (bicyclic) bond motifs is 1. The Hall–Kier alpha value is -0.660. The summed E-state index contributed by atoms with van der Waals surface area (Å²) in [4.78, 5) is 0. The molecule has 2 unspecified atom stereocenters. The third-order valence-corrected chi connectivity index (χ3v) is 6.02. The number of hydrogen-bond acceptors (Lipinski definition) is 3. The first-order valence-electron chi connectivity index (χ1n) is 8.00. The molecule has 0 bridgehead atoms. The molecule has 2 aliphatic heterocycles. The van der Waals surface area contributed by atoms with Crippen molar-refractivity contribution in [1.82, 2.24) is 14.3 Å². The number of rotatable bonds is 4. The van der Waals surface area contributed by atoms with E-state index in [1.807, 2.05) is 6.07 Å². The van der Waals surface area contributed by atoms with Gasteiger partial charge >= 0.3 is 0 Å². The van der Waals surface area contributed by atoms with Crippen LogP contribution in [0.3, 0.4) is 0 Å². The van der Waals surface area contributed by atoms with Crippen LogP contribution >= 0.6 is 12.4 Å². The molecule has 1 aromatic rings. The average molecular weight is 360 g/mol. The normalized spacial score (nSPS) is 25.0. The third kappa shape index (κ3) is 4.45. The van der Waals surface area contributed by atoms with Crippen molar-refractivity contribution in [2.45, 2.75) is 39.9 Å². The Balaban J connectivity index is 0.00000192. The molecule has 0 aromatic heterocycles. The molecule has 3 rings (SSSR count). The van der Waals surface area contributed by atoms with Crippen LogP contribution in [0.25, 0.3) is 0 Å². The van der Waals surface area contributed by atoms with E-state index in [2.05, 4.69) is 36.0 Å². The van der Waals surface area contributed by atoms with Crippen molar-refractivity contribution in [1.29, 1.82) is 0 Å². The molecule has 23 heavy (non-hydrogen) atoms. The molecule has 0 aliphatic carbocycles. The summed E-state index contributed by atoms with van der Waals surface area (Å²) in [6.45, 7) is 7.61. The van der Waals surface area contributed by atoms with E-state index in [9.17, 15) is 8.42 Å². The largest absolute Gasteiger partial charge is 0.309 e. The third-order valence-electron chi connectivity index (χ3n) is 4.54. The maximum atomic E-state index is 12.5. The number of benzene rings is 1. The summed E-state index contributed by atoms with van der Waals surface area (Å²) in [6.07, 6.45) is 1.10. The van der Waals surface area contributed by atoms with Crippen molar-refractivity contribution < 1.29 is 8.42 Å². The highest BCUT2D eigenvalue weighted by Gasteiger charge is 2.30. The zero-order chi connectivity index (χ0) is 15.7. The lowest BCUT2D eigenvalue weighted by molar-refractivity contribution is 0.220. The fourth-order valence-corrected chi connectivity index (χ4v) is 4.96. The molecule has 0 saturated carbocycles. The van der Waals surface area contributed by atoms with Crippen LogP contribution in [0.2, 0.25) is 0 Å². The van der Waals surface area contributed by atoms with Gasteiger partial charge in [0.1, 0.15) is 0 Å². The molecule has 1 aromatic carbocycles. The molecule has 2 N–H and O–H groups in total. The molecule has 0 radical (unpaired) electrons. The number of nitrogens with zero attached hydrogens (tertiary/aromatic N) is 1. The predicted molar refractivity (Wildman–Crippen MR) is 94.5 cm³/mol. The van der Waals surface area contributed by atoms with Crippen LogP contribution in [-0.4, -0.2) is 25.8 Å². The van der Waals surface area contributed by atoms with Crippen LogP contribution in [0.1, 0.15) is 37.0 Å². The van der Waals surface area contributed by atoms with E-state index in [0.717, 1.165) is 25.1 Å². The lowest BCUT2D eigenvalue weighted by Gasteiger charge is -2.33. The van der Waals surface area contributed by atoms with E-state index in [1.165, 1.54) is 11.1 Å². The standard InChI is InChI=1S/C16H25N3O2S.ClH/c1-12-5-13(2)11-19(10-12)22(20,21)18-7-14-3-4-15-8-17-9-16(15)6-14;/h3-4,6,12-13,17-18H,5,7-11H2,1-2H3;1H. The van der Waals surface area contributed by atoms with Gasteiger partial charge in [-0.25, -0.2) is 0 Å². The smallest absolute Gasteiger partial charge is 0.279 e. The van der Waals surface area contributed by atoms with Crippen LogP contribution in [0.15, 0.2) is 18.2 Å². The van der Waals surface area contributed by atoms with Gasteiger partial charge in [-0.1, -0.05) is 32.0 Å². The quantitative estimate of drug-likeness (QED) is 0.864. The second-order valence-corrected chi connectivity index (χ2v) is 8.55. The SMILES string of the molecule is CC1CC(C)CN(S(=O)(=O)NCc2ccc3c(c2)CNC3)C1.Cl. The summed E-state index contributed by atoms with van der Waals surface area (Å²) in [7, 11) is -3.39. The second-order valence-electron chi connectivity index (χ2n) is 6.80. The maximum Gasteiger partial charge on any atom is 0.279 e. The van der Waals surface area contributed by atoms with Crippen LogP contribution in [0.5, 0.6) is 0 Å². The van der Waals surface area contributed by atoms with Crippen molar-refractivity contribution in [3.05, 3.63) is 34.9 Å². The highest BCUT2D eigenvalue weighted by atomic mass is 35.5. The van der Waals surface area contributed by atoms with Crippen molar-refractivity contribution in [3.63, 3.8) is 0 Å². The molecule has 2 heterocycles. The highest BCUT2D eigenvalue weighted by Crippen LogP contribution is 2.23. The van der Waals surface area contributed by atoms with Gasteiger partial charge in [0.05, 0.1) is 0 Å². The second kappa shape index (κ2) is 7.49. The Labute approximate surface area is 145 Å². The van der Waals surface area contributed by atoms with Gasteiger partial charge in [-0.3, -0.25) is 0 Å². The van der Waals surface area contributed by atoms with Crippen LogP contribution in [-0.2, 0) is 29.8 Å². The summed E-state index contributed by atoms with van der Waals surface area (Å²) in [5.41, 5.74) is 3.60. The first kappa shape index (κ1) is 18.7. The van der Waals surface area contributed by atoms with Gasteiger partial charge in [0.25, 0.3) is 10.2 Å². The van der Waals surface area contributed by atoms with Gasteiger partial charge in [-0.2, -0.15) is 17.4 Å². The van der Waals surface area contributed by atoms with Gasteiger partial charge in [0.15, 0.2) is 0 Å². The Morgan fingerprint density at radius 2 is 1.83 bits per heavy atom. The van der Waals surface area contributed by atoms with Gasteiger partial charge in [-0.15, -0.1) is 12.4 Å². The number of hydrogen-bond donors (Lipinski definition) is 2. The van der Waals surface area contributed by atoms with Gasteiger partial charge in [0, 0.05) is 32.7 Å². The average Bonchev–Trinajstić information content (AvgIpc) is 2.91. The molecule has 0 spiro atoms. The van der Waals surface area contributed by atoms with E-state index in [1.54, 1.807) is 4.31 Å². The molecule has 7 heteroatoms. The van der Waals surface area contributed by atoms with Gasteiger partial charge < -0.3 is 5.32 Å². The highest BCUT2D eigenvalue weighted by molar-refractivity contribution is 7.87. The fraction of sp³-hybridized carbons (Fsp3) is 0.625. The van der Waals surface area contributed by atoms with Crippen LogP contribution < -0.4 is 10.0 Å². The minimum absolute atomic E-state index is 0. The van der Waals surface area contributed by atoms with Crippen molar-refractivity contribution in [2.75, 3.05) is 13.1 Å². The molecule has 1 fully saturated rings. The maximum absolute atomic E-state index is 12.5. The summed E-state index contributed by atoms with van der Waals surface area (Å²) in [5.74, 6) is 0.845. The van der Waals surface area contributed by atoms with E-state index in [4.69, 9.17) is 0 Å². The Bertz CT molecular complexity index is 641. The molecule has 0 amide bonds. The summed E-state index contributed by atoms with van der Waals surface area (Å²) < 4.78 is 29.3. The van der Waals surface area contributed by atoms with Crippen LogP contribution in [0, 0.1) is 11.8 Å². The van der Waals surface area contributed by atoms with Crippen molar-refractivity contribution >= 4 is 22.6 Å². The lowest BCUT2D eigenvalue weighted by Crippen LogP contribution is -2.47.